The van der Waals surface area contributed by atoms with Crippen LogP contribution in [0.3, 0.4) is 0 Å². The van der Waals surface area contributed by atoms with Crippen LogP contribution in [0.1, 0.15) is 24.1 Å². The number of aromatic nitrogens is 5. The highest BCUT2D eigenvalue weighted by Gasteiger charge is 2.31. The van der Waals surface area contributed by atoms with Gasteiger partial charge in [0.15, 0.2) is 5.69 Å². The Balaban J connectivity index is 1.17. The summed E-state index contributed by atoms with van der Waals surface area (Å²) in [6, 6.07) is 11.0. The highest BCUT2D eigenvalue weighted by molar-refractivity contribution is 5.59. The molecular formula is C26H28F3N7O3. The summed E-state index contributed by atoms with van der Waals surface area (Å²) in [4.78, 5) is 11.2. The van der Waals surface area contributed by atoms with Gasteiger partial charge < -0.3 is 24.6 Å². The van der Waals surface area contributed by atoms with Crippen molar-refractivity contribution in [3.63, 3.8) is 0 Å². The first-order chi connectivity index (χ1) is 18.7. The van der Waals surface area contributed by atoms with Gasteiger partial charge >= 0.3 is 6.36 Å². The van der Waals surface area contributed by atoms with Crippen LogP contribution in [0.4, 0.5) is 19.0 Å². The van der Waals surface area contributed by atoms with Gasteiger partial charge in [-0.15, -0.1) is 13.2 Å². The molecule has 1 fully saturated rings. The maximum absolute atomic E-state index is 12.4. The Morgan fingerprint density at radius 1 is 1.13 bits per heavy atom. The van der Waals surface area contributed by atoms with Gasteiger partial charge in [0.05, 0.1) is 12.6 Å². The van der Waals surface area contributed by atoms with Crippen molar-refractivity contribution in [1.82, 2.24) is 29.8 Å². The lowest BCUT2D eigenvalue weighted by Gasteiger charge is -2.29. The molecule has 3 aromatic heterocycles. The highest BCUT2D eigenvalue weighted by Crippen LogP contribution is 2.27. The van der Waals surface area contributed by atoms with Crippen molar-refractivity contribution in [2.24, 2.45) is 0 Å². The van der Waals surface area contributed by atoms with Crippen LogP contribution in [0, 0.1) is 6.92 Å². The number of halogens is 3. The zero-order valence-electron chi connectivity index (χ0n) is 21.2. The molecule has 0 spiro atoms. The topological polar surface area (TPSA) is 114 Å². The molecule has 4 aromatic rings. The molecule has 10 nitrogen and oxygen atoms in total. The number of anilines is 1. The van der Waals surface area contributed by atoms with Gasteiger partial charge in [-0.25, -0.2) is 4.98 Å². The van der Waals surface area contributed by atoms with Crippen LogP contribution in [-0.4, -0.2) is 73.6 Å². The van der Waals surface area contributed by atoms with E-state index in [9.17, 15) is 18.3 Å². The summed E-state index contributed by atoms with van der Waals surface area (Å²) in [5.41, 5.74) is 2.81. The first-order valence-electron chi connectivity index (χ1n) is 12.6. The lowest BCUT2D eigenvalue weighted by Crippen LogP contribution is -2.38. The van der Waals surface area contributed by atoms with Gasteiger partial charge in [-0.1, -0.05) is 11.2 Å². The van der Waals surface area contributed by atoms with E-state index >= 15 is 0 Å². The average Bonchev–Trinajstić information content (AvgIpc) is 3.53. The summed E-state index contributed by atoms with van der Waals surface area (Å²) < 4.78 is 48.2. The van der Waals surface area contributed by atoms with Gasteiger partial charge in [-0.05, 0) is 61.7 Å². The molecule has 1 aliphatic rings. The normalized spacial score (nSPS) is 15.0. The Hall–Kier alpha value is -3.97. The number of pyridine rings is 1. The molecule has 1 aliphatic heterocycles. The van der Waals surface area contributed by atoms with E-state index in [2.05, 4.69) is 35.2 Å². The van der Waals surface area contributed by atoms with Crippen LogP contribution in [0.5, 0.6) is 5.75 Å². The van der Waals surface area contributed by atoms with Gasteiger partial charge in [0.25, 0.3) is 5.89 Å². The number of nitrogens with zero attached hydrogens (tertiary/aromatic N) is 6. The molecule has 0 bridgehead atoms. The number of hydrogen-bond acceptors (Lipinski definition) is 9. The third kappa shape index (κ3) is 7.12. The second-order valence-electron chi connectivity index (χ2n) is 9.38. The lowest BCUT2D eigenvalue weighted by atomic mass is 10.1. The van der Waals surface area contributed by atoms with Crippen LogP contribution >= 0.6 is 0 Å². The smallest absolute Gasteiger partial charge is 0.406 e. The van der Waals surface area contributed by atoms with Crippen molar-refractivity contribution in [2.45, 2.75) is 38.8 Å². The zero-order chi connectivity index (χ0) is 27.4. The summed E-state index contributed by atoms with van der Waals surface area (Å²) in [5.74, 6) is 0.885. The second-order valence-corrected chi connectivity index (χ2v) is 9.38. The Kier molecular flexibility index (Phi) is 7.79. The Labute approximate surface area is 222 Å². The van der Waals surface area contributed by atoms with E-state index in [1.54, 1.807) is 10.9 Å². The number of ether oxygens (including phenoxy) is 1. The molecule has 0 amide bonds. The Bertz CT molecular complexity index is 1360. The number of aryl methyl sites for hydroxylation is 1. The highest BCUT2D eigenvalue weighted by atomic mass is 19.4. The molecule has 13 heteroatoms. The lowest BCUT2D eigenvalue weighted by molar-refractivity contribution is -0.274. The largest absolute Gasteiger partial charge is 0.573 e. The van der Waals surface area contributed by atoms with E-state index in [0.29, 0.717) is 17.8 Å². The quantitative estimate of drug-likeness (QED) is 0.322. The van der Waals surface area contributed by atoms with Crippen LogP contribution in [0.15, 0.2) is 53.2 Å². The van der Waals surface area contributed by atoms with E-state index in [4.69, 9.17) is 4.52 Å². The molecule has 0 unspecified atom stereocenters. The minimum absolute atomic E-state index is 0.168. The zero-order valence-corrected chi connectivity index (χ0v) is 21.2. The summed E-state index contributed by atoms with van der Waals surface area (Å²) in [6.07, 6.45) is -1.47. The monoisotopic (exact) mass is 543 g/mol. The van der Waals surface area contributed by atoms with Crippen LogP contribution < -0.4 is 10.1 Å². The number of likely N-dealkylation sites (tertiary alicyclic amines) is 1. The Morgan fingerprint density at radius 3 is 2.59 bits per heavy atom. The maximum Gasteiger partial charge on any atom is 0.573 e. The van der Waals surface area contributed by atoms with E-state index < -0.39 is 6.36 Å². The fourth-order valence-corrected chi connectivity index (χ4v) is 4.31. The summed E-state index contributed by atoms with van der Waals surface area (Å²) in [6.45, 7) is 5.92. The predicted octanol–water partition coefficient (Wildman–Crippen LogP) is 4.12. The van der Waals surface area contributed by atoms with Gasteiger partial charge in [0, 0.05) is 43.6 Å². The number of aliphatic hydroxyl groups excluding tert-OH is 1. The molecule has 0 radical (unpaired) electrons. The fourth-order valence-electron chi connectivity index (χ4n) is 4.31. The number of benzene rings is 1. The standard InChI is InChI=1S/C26H28F3N7O3/c1-17-14-22(25-32-24(34-39-25)19-3-5-21(6-4-19)38-26(27,28)29)33-36(17)16-18-2-7-23(31-15-18)30-10-13-35-11-8-20(37)9-12-35/h2-7,14-15,20,37H,8-13,16H2,1H3,(H,30,31). The number of rotatable bonds is 9. The van der Waals surface area contributed by atoms with Gasteiger partial charge in [-0.2, -0.15) is 10.1 Å². The first-order valence-corrected chi connectivity index (χ1v) is 12.6. The van der Waals surface area contributed by atoms with Crippen molar-refractivity contribution >= 4 is 5.82 Å². The van der Waals surface area contributed by atoms with Gasteiger partial charge in [-0.3, -0.25) is 4.68 Å². The fraction of sp³-hybridized carbons (Fsp3) is 0.385. The van der Waals surface area contributed by atoms with E-state index in [1.165, 1.54) is 24.3 Å². The molecule has 0 saturated carbocycles. The summed E-state index contributed by atoms with van der Waals surface area (Å²) in [7, 11) is 0. The van der Waals surface area contributed by atoms with Gasteiger partial charge in [0.1, 0.15) is 11.6 Å². The molecule has 2 N–H and O–H groups in total. The van der Waals surface area contributed by atoms with Crippen molar-refractivity contribution < 1.29 is 27.5 Å². The van der Waals surface area contributed by atoms with Crippen molar-refractivity contribution in [2.75, 3.05) is 31.5 Å². The third-order valence-corrected chi connectivity index (χ3v) is 6.42. The Morgan fingerprint density at radius 2 is 1.90 bits per heavy atom. The van der Waals surface area contributed by atoms with E-state index in [0.717, 1.165) is 56.1 Å². The summed E-state index contributed by atoms with van der Waals surface area (Å²) in [5, 5.41) is 21.5. The van der Waals surface area contributed by atoms with Crippen LogP contribution in [0.2, 0.25) is 0 Å². The molecule has 1 saturated heterocycles. The molecule has 39 heavy (non-hydrogen) atoms. The molecule has 0 aliphatic carbocycles. The maximum atomic E-state index is 12.4. The van der Waals surface area contributed by atoms with Crippen LogP contribution in [-0.2, 0) is 6.54 Å². The number of nitrogens with one attached hydrogen (secondary N) is 1. The second kappa shape index (κ2) is 11.4. The SMILES string of the molecule is Cc1cc(-c2nc(-c3ccc(OC(F)(F)F)cc3)no2)nn1Cc1ccc(NCCN2CCC(O)CC2)nc1. The molecular weight excluding hydrogens is 515 g/mol. The predicted molar refractivity (Wildman–Crippen MR) is 136 cm³/mol. The third-order valence-electron chi connectivity index (χ3n) is 6.42. The van der Waals surface area contributed by atoms with E-state index in [-0.39, 0.29) is 23.6 Å². The number of aliphatic hydroxyl groups is 1. The number of piperidine rings is 1. The first kappa shape index (κ1) is 26.6. The van der Waals surface area contributed by atoms with Gasteiger partial charge in [0.2, 0.25) is 5.82 Å². The number of hydrogen-bond donors (Lipinski definition) is 2. The minimum Gasteiger partial charge on any atom is -0.406 e. The van der Waals surface area contributed by atoms with Crippen molar-refractivity contribution in [3.8, 4) is 28.7 Å². The van der Waals surface area contributed by atoms with E-state index in [1.807, 2.05) is 25.1 Å². The van der Waals surface area contributed by atoms with Crippen molar-refractivity contribution in [1.29, 1.82) is 0 Å². The van der Waals surface area contributed by atoms with Crippen LogP contribution in [0.25, 0.3) is 23.0 Å². The number of alkyl halides is 3. The molecule has 0 atom stereocenters. The van der Waals surface area contributed by atoms with Crippen molar-refractivity contribution in [3.05, 3.63) is 59.9 Å². The molecule has 206 valence electrons. The molecule has 1 aromatic carbocycles. The minimum atomic E-state index is -4.76. The average molecular weight is 544 g/mol. The summed E-state index contributed by atoms with van der Waals surface area (Å²) >= 11 is 0. The molecule has 4 heterocycles. The molecule has 5 rings (SSSR count).